The number of nitrogens with one attached hydrogen (secondary N) is 1. The summed E-state index contributed by atoms with van der Waals surface area (Å²) in [6.45, 7) is 4.71. The minimum absolute atomic E-state index is 0.190. The first-order valence-corrected chi connectivity index (χ1v) is 6.60. The fourth-order valence-corrected chi connectivity index (χ4v) is 2.29. The van der Waals surface area contributed by atoms with Crippen molar-refractivity contribution in [2.75, 3.05) is 6.54 Å². The number of halogens is 2. The number of benzene rings is 1. The fraction of sp³-hybridized carbons (Fsp3) is 0.267. The molecule has 0 aliphatic heterocycles. The van der Waals surface area contributed by atoms with Gasteiger partial charge in [-0.3, -0.25) is 4.98 Å². The molecule has 1 N–H and O–H groups in total. The Bertz CT molecular complexity index is 572. The number of pyridine rings is 1. The van der Waals surface area contributed by atoms with E-state index in [1.807, 2.05) is 19.9 Å². The molecule has 0 spiro atoms. The van der Waals surface area contributed by atoms with E-state index in [2.05, 4.69) is 10.3 Å². The van der Waals surface area contributed by atoms with Crippen molar-refractivity contribution in [2.45, 2.75) is 19.9 Å². The molecule has 0 amide bonds. The molecule has 2 rings (SSSR count). The van der Waals surface area contributed by atoms with Crippen molar-refractivity contribution in [3.05, 3.63) is 64.2 Å². The SMILES string of the molecule is CCNC(c1ccncc1C)c1ccc(Cl)cc1F. The van der Waals surface area contributed by atoms with E-state index >= 15 is 0 Å². The molecule has 0 fully saturated rings. The van der Waals surface area contributed by atoms with E-state index in [9.17, 15) is 4.39 Å². The van der Waals surface area contributed by atoms with Gasteiger partial charge in [-0.15, -0.1) is 0 Å². The number of aryl methyl sites for hydroxylation is 1. The molecule has 0 saturated heterocycles. The Morgan fingerprint density at radius 1 is 1.32 bits per heavy atom. The molecule has 100 valence electrons. The lowest BCUT2D eigenvalue weighted by Gasteiger charge is -2.21. The molecule has 1 aromatic heterocycles. The molecule has 1 aromatic carbocycles. The van der Waals surface area contributed by atoms with Crippen LogP contribution in [0.3, 0.4) is 0 Å². The number of hydrogen-bond donors (Lipinski definition) is 1. The lowest BCUT2D eigenvalue weighted by Crippen LogP contribution is -2.23. The van der Waals surface area contributed by atoms with Crippen LogP contribution in [0.4, 0.5) is 4.39 Å². The molecule has 2 aromatic rings. The summed E-state index contributed by atoms with van der Waals surface area (Å²) < 4.78 is 14.1. The van der Waals surface area contributed by atoms with E-state index < -0.39 is 0 Å². The summed E-state index contributed by atoms with van der Waals surface area (Å²) in [4.78, 5) is 4.08. The fourth-order valence-electron chi connectivity index (χ4n) is 2.14. The van der Waals surface area contributed by atoms with Crippen LogP contribution in [0.25, 0.3) is 0 Å². The van der Waals surface area contributed by atoms with E-state index in [4.69, 9.17) is 11.6 Å². The summed E-state index contributed by atoms with van der Waals surface area (Å²) in [7, 11) is 0. The van der Waals surface area contributed by atoms with Gasteiger partial charge < -0.3 is 5.32 Å². The quantitative estimate of drug-likeness (QED) is 0.918. The Morgan fingerprint density at radius 3 is 2.74 bits per heavy atom. The molecule has 1 atom stereocenters. The predicted molar refractivity (Wildman–Crippen MR) is 75.9 cm³/mol. The normalized spacial score (nSPS) is 12.4. The van der Waals surface area contributed by atoms with Crippen LogP contribution < -0.4 is 5.32 Å². The Morgan fingerprint density at radius 2 is 2.11 bits per heavy atom. The average molecular weight is 279 g/mol. The van der Waals surface area contributed by atoms with Crippen LogP contribution >= 0.6 is 11.6 Å². The first-order valence-electron chi connectivity index (χ1n) is 6.22. The van der Waals surface area contributed by atoms with Gasteiger partial charge in [0.1, 0.15) is 5.82 Å². The summed E-state index contributed by atoms with van der Waals surface area (Å²) in [6.07, 6.45) is 3.51. The number of rotatable bonds is 4. The molecule has 0 radical (unpaired) electrons. The highest BCUT2D eigenvalue weighted by Crippen LogP contribution is 2.27. The second kappa shape index (κ2) is 6.13. The van der Waals surface area contributed by atoms with Gasteiger partial charge in [0.05, 0.1) is 6.04 Å². The Kier molecular flexibility index (Phi) is 4.51. The maximum absolute atomic E-state index is 14.1. The first-order chi connectivity index (χ1) is 9.13. The second-order valence-corrected chi connectivity index (χ2v) is 4.83. The van der Waals surface area contributed by atoms with Gasteiger partial charge >= 0.3 is 0 Å². The third kappa shape index (κ3) is 3.11. The summed E-state index contributed by atoms with van der Waals surface area (Å²) in [5.41, 5.74) is 2.65. The van der Waals surface area contributed by atoms with E-state index in [0.717, 1.165) is 17.7 Å². The van der Waals surface area contributed by atoms with Crippen LogP contribution in [-0.2, 0) is 0 Å². The largest absolute Gasteiger partial charge is 0.306 e. The van der Waals surface area contributed by atoms with Crippen molar-refractivity contribution in [1.29, 1.82) is 0 Å². The Labute approximate surface area is 117 Å². The first kappa shape index (κ1) is 14.0. The lowest BCUT2D eigenvalue weighted by atomic mass is 9.96. The van der Waals surface area contributed by atoms with Crippen molar-refractivity contribution in [3.63, 3.8) is 0 Å². The molecule has 0 aliphatic rings. The van der Waals surface area contributed by atoms with E-state index in [0.29, 0.717) is 10.6 Å². The zero-order valence-corrected chi connectivity index (χ0v) is 11.7. The Balaban J connectivity index is 2.48. The van der Waals surface area contributed by atoms with Crippen LogP contribution in [0.15, 0.2) is 36.7 Å². The van der Waals surface area contributed by atoms with Crippen LogP contribution in [0.2, 0.25) is 5.02 Å². The molecular formula is C15H16ClFN2. The molecular weight excluding hydrogens is 263 g/mol. The number of aromatic nitrogens is 1. The summed E-state index contributed by atoms with van der Waals surface area (Å²) >= 11 is 5.81. The molecule has 1 heterocycles. The van der Waals surface area contributed by atoms with Gasteiger partial charge in [0, 0.05) is 23.0 Å². The summed E-state index contributed by atoms with van der Waals surface area (Å²) in [5, 5.41) is 3.71. The molecule has 19 heavy (non-hydrogen) atoms. The van der Waals surface area contributed by atoms with Crippen molar-refractivity contribution >= 4 is 11.6 Å². The maximum Gasteiger partial charge on any atom is 0.129 e. The topological polar surface area (TPSA) is 24.9 Å². The van der Waals surface area contributed by atoms with Gasteiger partial charge in [0.25, 0.3) is 0 Å². The van der Waals surface area contributed by atoms with Crippen LogP contribution in [0, 0.1) is 12.7 Å². The minimum atomic E-state index is -0.297. The molecule has 0 aliphatic carbocycles. The predicted octanol–water partition coefficient (Wildman–Crippen LogP) is 3.88. The molecule has 0 bridgehead atoms. The van der Waals surface area contributed by atoms with Crippen molar-refractivity contribution in [3.8, 4) is 0 Å². The van der Waals surface area contributed by atoms with E-state index in [1.54, 1.807) is 24.5 Å². The monoisotopic (exact) mass is 278 g/mol. The third-order valence-electron chi connectivity index (χ3n) is 3.06. The molecule has 1 unspecified atom stereocenters. The summed E-state index contributed by atoms with van der Waals surface area (Å²) in [6, 6.07) is 6.51. The van der Waals surface area contributed by atoms with Crippen LogP contribution in [-0.4, -0.2) is 11.5 Å². The van der Waals surface area contributed by atoms with Crippen molar-refractivity contribution < 1.29 is 4.39 Å². The Hall–Kier alpha value is -1.45. The smallest absolute Gasteiger partial charge is 0.129 e. The van der Waals surface area contributed by atoms with E-state index in [1.165, 1.54) is 6.07 Å². The van der Waals surface area contributed by atoms with Crippen LogP contribution in [0.1, 0.15) is 29.7 Å². The van der Waals surface area contributed by atoms with Gasteiger partial charge in [0.2, 0.25) is 0 Å². The summed E-state index contributed by atoms with van der Waals surface area (Å²) in [5.74, 6) is -0.297. The highest BCUT2D eigenvalue weighted by atomic mass is 35.5. The minimum Gasteiger partial charge on any atom is -0.306 e. The standard InChI is InChI=1S/C15H16ClFN2/c1-3-19-15(12-6-7-18-9-10(12)2)13-5-4-11(16)8-14(13)17/h4-9,15,19H,3H2,1-2H3. The maximum atomic E-state index is 14.1. The zero-order chi connectivity index (χ0) is 13.8. The average Bonchev–Trinajstić information content (AvgIpc) is 2.38. The van der Waals surface area contributed by atoms with Gasteiger partial charge in [-0.2, -0.15) is 0 Å². The lowest BCUT2D eigenvalue weighted by molar-refractivity contribution is 0.557. The van der Waals surface area contributed by atoms with Gasteiger partial charge in [-0.1, -0.05) is 24.6 Å². The second-order valence-electron chi connectivity index (χ2n) is 4.39. The van der Waals surface area contributed by atoms with Gasteiger partial charge in [-0.05, 0) is 42.8 Å². The van der Waals surface area contributed by atoms with Crippen molar-refractivity contribution in [1.82, 2.24) is 10.3 Å². The van der Waals surface area contributed by atoms with E-state index in [-0.39, 0.29) is 11.9 Å². The molecule has 4 heteroatoms. The number of hydrogen-bond acceptors (Lipinski definition) is 2. The molecule has 2 nitrogen and oxygen atoms in total. The van der Waals surface area contributed by atoms with Gasteiger partial charge in [0.15, 0.2) is 0 Å². The highest BCUT2D eigenvalue weighted by molar-refractivity contribution is 6.30. The molecule has 0 saturated carbocycles. The van der Waals surface area contributed by atoms with Crippen LogP contribution in [0.5, 0.6) is 0 Å². The van der Waals surface area contributed by atoms with Crippen molar-refractivity contribution in [2.24, 2.45) is 0 Å². The number of nitrogens with zero attached hydrogens (tertiary/aromatic N) is 1. The zero-order valence-electron chi connectivity index (χ0n) is 11.0. The third-order valence-corrected chi connectivity index (χ3v) is 3.29. The van der Waals surface area contributed by atoms with Gasteiger partial charge in [-0.25, -0.2) is 4.39 Å². The highest BCUT2D eigenvalue weighted by Gasteiger charge is 2.18.